The van der Waals surface area contributed by atoms with E-state index in [1.54, 1.807) is 6.07 Å². The van der Waals surface area contributed by atoms with Gasteiger partial charge in [0, 0.05) is 12.1 Å². The lowest BCUT2D eigenvalue weighted by Gasteiger charge is -2.01. The van der Waals surface area contributed by atoms with Gasteiger partial charge in [-0.1, -0.05) is 0 Å². The van der Waals surface area contributed by atoms with Crippen LogP contribution in [0.2, 0.25) is 0 Å². The van der Waals surface area contributed by atoms with Crippen molar-refractivity contribution in [2.24, 2.45) is 0 Å². The summed E-state index contributed by atoms with van der Waals surface area (Å²) in [4.78, 5) is 22.5. The van der Waals surface area contributed by atoms with Crippen molar-refractivity contribution in [1.29, 1.82) is 5.26 Å². The van der Waals surface area contributed by atoms with Crippen LogP contribution in [0, 0.1) is 21.4 Å². The van der Waals surface area contributed by atoms with Crippen LogP contribution in [0.1, 0.15) is 5.56 Å². The van der Waals surface area contributed by atoms with Crippen molar-refractivity contribution in [1.82, 2.24) is 0 Å². The third-order valence-electron chi connectivity index (χ3n) is 2.99. The van der Waals surface area contributed by atoms with Gasteiger partial charge < -0.3 is 4.42 Å². The Morgan fingerprint density at radius 3 is 2.40 bits per heavy atom. The second kappa shape index (κ2) is 4.17. The van der Waals surface area contributed by atoms with Crippen molar-refractivity contribution < 1.29 is 9.34 Å². The number of nitriles is 1. The zero-order chi connectivity index (χ0) is 14.3. The van der Waals surface area contributed by atoms with Gasteiger partial charge in [0.05, 0.1) is 27.3 Å². The molecule has 1 aromatic heterocycles. The Bertz CT molecular complexity index is 966. The third kappa shape index (κ3) is 1.69. The second-order valence-electron chi connectivity index (χ2n) is 4.19. The summed E-state index contributed by atoms with van der Waals surface area (Å²) in [6, 6.07) is 10.3. The first-order chi connectivity index (χ1) is 9.60. The van der Waals surface area contributed by atoms with Crippen molar-refractivity contribution in [2.75, 3.05) is 0 Å². The highest BCUT2D eigenvalue weighted by Gasteiger charge is 2.13. The summed E-state index contributed by atoms with van der Waals surface area (Å²) >= 11 is 0. The van der Waals surface area contributed by atoms with Gasteiger partial charge in [0.15, 0.2) is 0 Å². The van der Waals surface area contributed by atoms with Gasteiger partial charge >= 0.3 is 0 Å². The van der Waals surface area contributed by atoms with Crippen LogP contribution < -0.4 is 5.43 Å². The lowest BCUT2D eigenvalue weighted by molar-refractivity contribution is -0.384. The highest BCUT2D eigenvalue weighted by atomic mass is 16.6. The van der Waals surface area contributed by atoms with Gasteiger partial charge in [0.2, 0.25) is 5.43 Å². The molecule has 0 amide bonds. The Hall–Kier alpha value is -3.20. The van der Waals surface area contributed by atoms with E-state index >= 15 is 0 Å². The first kappa shape index (κ1) is 11.9. The van der Waals surface area contributed by atoms with Crippen molar-refractivity contribution in [2.45, 2.75) is 0 Å². The summed E-state index contributed by atoms with van der Waals surface area (Å²) in [6.07, 6.45) is 0. The van der Waals surface area contributed by atoms with E-state index in [2.05, 4.69) is 0 Å². The molecule has 0 aliphatic rings. The lowest BCUT2D eigenvalue weighted by atomic mass is 10.1. The van der Waals surface area contributed by atoms with Gasteiger partial charge in [-0.15, -0.1) is 0 Å². The van der Waals surface area contributed by atoms with E-state index in [4.69, 9.17) is 9.68 Å². The first-order valence-electron chi connectivity index (χ1n) is 5.65. The van der Waals surface area contributed by atoms with Crippen molar-refractivity contribution >= 4 is 27.6 Å². The fraction of sp³-hybridized carbons (Fsp3) is 0. The lowest BCUT2D eigenvalue weighted by Crippen LogP contribution is -2.03. The standard InChI is InChI=1S/C14H6N2O4/c15-7-8-1-3-12-10(5-8)14(17)11-6-9(16(18)19)2-4-13(11)20-12/h1-6H. The van der Waals surface area contributed by atoms with Gasteiger partial charge in [-0.3, -0.25) is 14.9 Å². The van der Waals surface area contributed by atoms with E-state index in [0.717, 1.165) is 0 Å². The SMILES string of the molecule is N#Cc1ccc2oc3ccc([N+](=O)[O-])cc3c(=O)c2c1. The molecular formula is C14H6N2O4. The third-order valence-corrected chi connectivity index (χ3v) is 2.99. The Morgan fingerprint density at radius 1 is 1.10 bits per heavy atom. The van der Waals surface area contributed by atoms with Crippen LogP contribution in [0.4, 0.5) is 5.69 Å². The molecule has 6 nitrogen and oxygen atoms in total. The van der Waals surface area contributed by atoms with Crippen LogP contribution in [-0.4, -0.2) is 4.92 Å². The molecule has 20 heavy (non-hydrogen) atoms. The molecule has 3 aromatic rings. The van der Waals surface area contributed by atoms with Crippen LogP contribution in [0.25, 0.3) is 21.9 Å². The molecule has 0 unspecified atom stereocenters. The Kier molecular flexibility index (Phi) is 2.48. The van der Waals surface area contributed by atoms with Gasteiger partial charge in [-0.05, 0) is 24.3 Å². The molecule has 6 heteroatoms. The van der Waals surface area contributed by atoms with E-state index in [1.165, 1.54) is 30.3 Å². The van der Waals surface area contributed by atoms with Crippen LogP contribution in [0.3, 0.4) is 0 Å². The Balaban J connectivity index is 2.46. The molecule has 0 N–H and O–H groups in total. The topological polar surface area (TPSA) is 97.1 Å². The number of hydrogen-bond donors (Lipinski definition) is 0. The van der Waals surface area contributed by atoms with Gasteiger partial charge in [-0.2, -0.15) is 5.26 Å². The van der Waals surface area contributed by atoms with Crippen LogP contribution in [-0.2, 0) is 0 Å². The van der Waals surface area contributed by atoms with Crippen molar-refractivity contribution in [3.63, 3.8) is 0 Å². The molecule has 96 valence electrons. The molecule has 0 fully saturated rings. The van der Waals surface area contributed by atoms with Gasteiger partial charge in [0.25, 0.3) is 5.69 Å². The normalized spacial score (nSPS) is 10.6. The molecule has 0 bridgehead atoms. The molecule has 3 rings (SSSR count). The molecular weight excluding hydrogens is 260 g/mol. The molecule has 0 spiro atoms. The quantitative estimate of drug-likeness (QED) is 0.383. The number of benzene rings is 2. The average Bonchev–Trinajstić information content (AvgIpc) is 2.47. The van der Waals surface area contributed by atoms with E-state index in [9.17, 15) is 14.9 Å². The number of rotatable bonds is 1. The highest BCUT2D eigenvalue weighted by molar-refractivity contribution is 5.91. The minimum absolute atomic E-state index is 0.127. The fourth-order valence-corrected chi connectivity index (χ4v) is 2.03. The molecule has 1 heterocycles. The largest absolute Gasteiger partial charge is 0.456 e. The summed E-state index contributed by atoms with van der Waals surface area (Å²) in [7, 11) is 0. The molecule has 0 atom stereocenters. The minimum atomic E-state index is -0.575. The van der Waals surface area contributed by atoms with Gasteiger partial charge in [-0.25, -0.2) is 0 Å². The van der Waals surface area contributed by atoms with Crippen LogP contribution >= 0.6 is 0 Å². The average molecular weight is 266 g/mol. The zero-order valence-electron chi connectivity index (χ0n) is 9.99. The molecule has 0 radical (unpaired) electrons. The molecule has 0 saturated heterocycles. The highest BCUT2D eigenvalue weighted by Crippen LogP contribution is 2.23. The van der Waals surface area contributed by atoms with Crippen LogP contribution in [0.15, 0.2) is 45.6 Å². The maximum atomic E-state index is 12.3. The van der Waals surface area contributed by atoms with Gasteiger partial charge in [0.1, 0.15) is 11.2 Å². The minimum Gasteiger partial charge on any atom is -0.456 e. The summed E-state index contributed by atoms with van der Waals surface area (Å²) in [5, 5.41) is 20.0. The monoisotopic (exact) mass is 266 g/mol. The fourth-order valence-electron chi connectivity index (χ4n) is 2.03. The van der Waals surface area contributed by atoms with E-state index in [1.807, 2.05) is 6.07 Å². The number of nitro groups is 1. The van der Waals surface area contributed by atoms with Crippen LogP contribution in [0.5, 0.6) is 0 Å². The first-order valence-corrected chi connectivity index (χ1v) is 5.65. The zero-order valence-corrected chi connectivity index (χ0v) is 9.99. The van der Waals surface area contributed by atoms with E-state index < -0.39 is 4.92 Å². The molecule has 0 saturated carbocycles. The maximum absolute atomic E-state index is 12.3. The number of nitro benzene ring substituents is 1. The predicted molar refractivity (Wildman–Crippen MR) is 71.4 cm³/mol. The summed E-state index contributed by atoms with van der Waals surface area (Å²) in [5.41, 5.74) is 0.380. The summed E-state index contributed by atoms with van der Waals surface area (Å²) < 4.78 is 5.53. The smallest absolute Gasteiger partial charge is 0.270 e. The second-order valence-corrected chi connectivity index (χ2v) is 4.19. The number of fused-ring (bicyclic) bond motifs is 2. The molecule has 0 aliphatic carbocycles. The number of hydrogen-bond acceptors (Lipinski definition) is 5. The predicted octanol–water partition coefficient (Wildman–Crippen LogP) is 2.73. The molecule has 0 aliphatic heterocycles. The van der Waals surface area contributed by atoms with E-state index in [-0.39, 0.29) is 27.5 Å². The Morgan fingerprint density at radius 2 is 1.75 bits per heavy atom. The maximum Gasteiger partial charge on any atom is 0.270 e. The number of nitrogens with zero attached hydrogens (tertiary/aromatic N) is 2. The summed E-state index contributed by atoms with van der Waals surface area (Å²) in [6.45, 7) is 0. The van der Waals surface area contributed by atoms with E-state index in [0.29, 0.717) is 11.1 Å². The summed E-state index contributed by atoms with van der Waals surface area (Å²) in [5.74, 6) is 0. The van der Waals surface area contributed by atoms with Crippen molar-refractivity contribution in [3.05, 3.63) is 62.3 Å². The molecule has 2 aromatic carbocycles. The van der Waals surface area contributed by atoms with Crippen molar-refractivity contribution in [3.8, 4) is 6.07 Å². The Labute approximate surface area is 111 Å². The number of non-ortho nitro benzene ring substituents is 1.